The van der Waals surface area contributed by atoms with Gasteiger partial charge in [0.2, 0.25) is 5.91 Å². The van der Waals surface area contributed by atoms with Gasteiger partial charge in [-0.1, -0.05) is 0 Å². The predicted molar refractivity (Wildman–Crippen MR) is 65.5 cm³/mol. The highest BCUT2D eigenvalue weighted by atomic mass is 79.9. The largest absolute Gasteiger partial charge is 0.478 e. The summed E-state index contributed by atoms with van der Waals surface area (Å²) in [7, 11) is 0. The number of carbonyl (C=O) groups is 2. The predicted octanol–water partition coefficient (Wildman–Crippen LogP) is 1.81. The fourth-order valence-corrected chi connectivity index (χ4v) is 2.48. The first-order valence-corrected chi connectivity index (χ1v) is 6.12. The number of carboxylic acids is 1. The minimum Gasteiger partial charge on any atom is -0.478 e. The molecule has 6 heteroatoms. The van der Waals surface area contributed by atoms with Crippen LogP contribution >= 0.6 is 27.3 Å². The van der Waals surface area contributed by atoms with Crippen LogP contribution in [0.4, 0.5) is 0 Å². The topological polar surface area (TPSA) is 66.4 Å². The quantitative estimate of drug-likeness (QED) is 0.815. The summed E-state index contributed by atoms with van der Waals surface area (Å²) in [5.74, 6) is -1.52. The minimum absolute atomic E-state index is 0.391. The highest BCUT2D eigenvalue weighted by Crippen LogP contribution is 2.21. The Morgan fingerprint density at radius 2 is 2.19 bits per heavy atom. The molecule has 2 N–H and O–H groups in total. The molecule has 0 aliphatic rings. The van der Waals surface area contributed by atoms with Crippen molar-refractivity contribution in [2.24, 2.45) is 0 Å². The van der Waals surface area contributed by atoms with Crippen LogP contribution in [0.25, 0.3) is 0 Å². The molecule has 0 saturated heterocycles. The Kier molecular flexibility index (Phi) is 5.21. The summed E-state index contributed by atoms with van der Waals surface area (Å²) in [6.07, 6.45) is 2.56. The Morgan fingerprint density at radius 3 is 2.75 bits per heavy atom. The molecule has 0 radical (unpaired) electrons. The molecule has 1 aromatic heterocycles. The van der Waals surface area contributed by atoms with Gasteiger partial charge in [0.05, 0.1) is 3.79 Å². The smallest absolute Gasteiger partial charge is 0.328 e. The monoisotopic (exact) mass is 303 g/mol. The van der Waals surface area contributed by atoms with Gasteiger partial charge in [0.15, 0.2) is 0 Å². The fourth-order valence-electron chi connectivity index (χ4n) is 1.00. The third-order valence-corrected chi connectivity index (χ3v) is 3.36. The maximum Gasteiger partial charge on any atom is 0.328 e. The van der Waals surface area contributed by atoms with Crippen molar-refractivity contribution in [1.82, 2.24) is 5.32 Å². The second-order valence-corrected chi connectivity index (χ2v) is 5.47. The van der Waals surface area contributed by atoms with Crippen LogP contribution in [0.15, 0.2) is 28.1 Å². The van der Waals surface area contributed by atoms with Crippen LogP contribution in [0.5, 0.6) is 0 Å². The van der Waals surface area contributed by atoms with E-state index in [1.807, 2.05) is 12.1 Å². The molecule has 1 amide bonds. The lowest BCUT2D eigenvalue weighted by molar-refractivity contribution is -0.131. The van der Waals surface area contributed by atoms with Gasteiger partial charge in [-0.15, -0.1) is 11.3 Å². The molecule has 4 nitrogen and oxygen atoms in total. The molecule has 0 aromatic carbocycles. The number of halogens is 1. The number of nitrogens with one attached hydrogen (secondary N) is 1. The number of hydrogen-bond acceptors (Lipinski definition) is 3. The van der Waals surface area contributed by atoms with Crippen molar-refractivity contribution in [1.29, 1.82) is 0 Å². The van der Waals surface area contributed by atoms with Crippen molar-refractivity contribution < 1.29 is 14.7 Å². The van der Waals surface area contributed by atoms with Crippen molar-refractivity contribution >= 4 is 39.1 Å². The molecule has 0 aliphatic carbocycles. The Bertz CT molecular complexity index is 414. The van der Waals surface area contributed by atoms with E-state index in [1.165, 1.54) is 0 Å². The summed E-state index contributed by atoms with van der Waals surface area (Å²) in [5.41, 5.74) is 0. The second kappa shape index (κ2) is 6.44. The van der Waals surface area contributed by atoms with Gasteiger partial charge in [-0.3, -0.25) is 4.79 Å². The summed E-state index contributed by atoms with van der Waals surface area (Å²) < 4.78 is 1.06. The number of rotatable bonds is 5. The lowest BCUT2D eigenvalue weighted by Gasteiger charge is -1.99. The van der Waals surface area contributed by atoms with Crippen LogP contribution in [0, 0.1) is 0 Å². The third-order valence-electron chi connectivity index (χ3n) is 1.68. The van der Waals surface area contributed by atoms with Crippen molar-refractivity contribution in [2.45, 2.75) is 6.42 Å². The Morgan fingerprint density at radius 1 is 1.44 bits per heavy atom. The Hall–Kier alpha value is -1.14. The molecule has 0 fully saturated rings. The normalized spacial score (nSPS) is 10.6. The number of hydrogen-bond donors (Lipinski definition) is 2. The van der Waals surface area contributed by atoms with Crippen molar-refractivity contribution in [3.63, 3.8) is 0 Å². The van der Waals surface area contributed by atoms with E-state index < -0.39 is 11.9 Å². The van der Waals surface area contributed by atoms with Gasteiger partial charge in [-0.25, -0.2) is 4.79 Å². The van der Waals surface area contributed by atoms with E-state index in [-0.39, 0.29) is 0 Å². The molecule has 16 heavy (non-hydrogen) atoms. The van der Waals surface area contributed by atoms with Gasteiger partial charge >= 0.3 is 5.97 Å². The molecule has 0 spiro atoms. The first-order valence-electron chi connectivity index (χ1n) is 4.51. The van der Waals surface area contributed by atoms with Crippen LogP contribution in [0.2, 0.25) is 0 Å². The fraction of sp³-hybridized carbons (Fsp3) is 0.200. The van der Waals surface area contributed by atoms with Gasteiger partial charge < -0.3 is 10.4 Å². The number of carbonyl (C=O) groups excluding carboxylic acids is 1. The van der Waals surface area contributed by atoms with Gasteiger partial charge in [-0.2, -0.15) is 0 Å². The zero-order valence-electron chi connectivity index (χ0n) is 8.27. The lowest BCUT2D eigenvalue weighted by Crippen LogP contribution is -2.23. The molecule has 0 aliphatic heterocycles. The molecular formula is C10H10BrNO3S. The van der Waals surface area contributed by atoms with Crippen LogP contribution in [-0.2, 0) is 16.0 Å². The maximum absolute atomic E-state index is 11.1. The molecule has 1 heterocycles. The standard InChI is InChI=1S/C10H10BrNO3S/c11-8-2-1-7(16-8)5-6-12-9(13)3-4-10(14)15/h1-4H,5-6H2,(H,12,13)(H,14,15)/b4-3+. The summed E-state index contributed by atoms with van der Waals surface area (Å²) in [5, 5.41) is 10.9. The van der Waals surface area contributed by atoms with E-state index >= 15 is 0 Å². The number of aliphatic carboxylic acids is 1. The van der Waals surface area contributed by atoms with Crippen molar-refractivity contribution in [2.75, 3.05) is 6.54 Å². The van der Waals surface area contributed by atoms with Gasteiger partial charge in [0.1, 0.15) is 0 Å². The summed E-state index contributed by atoms with van der Waals surface area (Å²) in [6.45, 7) is 0.496. The van der Waals surface area contributed by atoms with E-state index in [0.29, 0.717) is 6.54 Å². The summed E-state index contributed by atoms with van der Waals surface area (Å²) in [4.78, 5) is 22.4. The van der Waals surface area contributed by atoms with Gasteiger partial charge in [0.25, 0.3) is 0 Å². The van der Waals surface area contributed by atoms with Crippen LogP contribution in [-0.4, -0.2) is 23.5 Å². The zero-order chi connectivity index (χ0) is 12.0. The van der Waals surface area contributed by atoms with E-state index in [2.05, 4.69) is 21.2 Å². The molecule has 0 atom stereocenters. The summed E-state index contributed by atoms with van der Waals surface area (Å²) >= 11 is 4.96. The van der Waals surface area contributed by atoms with Crippen molar-refractivity contribution in [3.05, 3.63) is 32.9 Å². The Balaban J connectivity index is 2.25. The van der Waals surface area contributed by atoms with Crippen molar-refractivity contribution in [3.8, 4) is 0 Å². The summed E-state index contributed by atoms with van der Waals surface area (Å²) in [6, 6.07) is 3.93. The lowest BCUT2D eigenvalue weighted by atomic mass is 10.3. The molecule has 0 bridgehead atoms. The minimum atomic E-state index is -1.13. The Labute approximate surface area is 105 Å². The molecular weight excluding hydrogens is 294 g/mol. The number of amides is 1. The second-order valence-electron chi connectivity index (χ2n) is 2.92. The van der Waals surface area contributed by atoms with Crippen LogP contribution in [0.1, 0.15) is 4.88 Å². The highest BCUT2D eigenvalue weighted by molar-refractivity contribution is 9.11. The highest BCUT2D eigenvalue weighted by Gasteiger charge is 1.99. The molecule has 86 valence electrons. The van der Waals surface area contributed by atoms with Gasteiger partial charge in [-0.05, 0) is 34.5 Å². The number of thiophene rings is 1. The SMILES string of the molecule is O=C(O)/C=C/C(=O)NCCc1ccc(Br)s1. The maximum atomic E-state index is 11.1. The molecule has 1 aromatic rings. The van der Waals surface area contributed by atoms with Crippen LogP contribution < -0.4 is 5.32 Å². The third kappa shape index (κ3) is 5.09. The molecule has 0 unspecified atom stereocenters. The van der Waals surface area contributed by atoms with Crippen LogP contribution in [0.3, 0.4) is 0 Å². The molecule has 0 saturated carbocycles. The average Bonchev–Trinajstić information content (AvgIpc) is 2.61. The van der Waals surface area contributed by atoms with Gasteiger partial charge in [0, 0.05) is 23.6 Å². The zero-order valence-corrected chi connectivity index (χ0v) is 10.7. The van der Waals surface area contributed by atoms with E-state index in [1.54, 1.807) is 11.3 Å². The van der Waals surface area contributed by atoms with E-state index in [4.69, 9.17) is 5.11 Å². The average molecular weight is 304 g/mol. The molecule has 1 rings (SSSR count). The number of carboxylic acid groups (broad SMARTS) is 1. The van der Waals surface area contributed by atoms with E-state index in [0.717, 1.165) is 27.2 Å². The first-order chi connectivity index (χ1) is 7.58. The van der Waals surface area contributed by atoms with E-state index in [9.17, 15) is 9.59 Å². The first kappa shape index (κ1) is 12.9.